The molecule has 38 heavy (non-hydrogen) atoms. The molecule has 0 amide bonds. The molecule has 1 saturated heterocycles. The van der Waals surface area contributed by atoms with Gasteiger partial charge in [-0.05, 0) is 68.1 Å². The number of hydrogen-bond donors (Lipinski definition) is 0. The van der Waals surface area contributed by atoms with Crippen LogP contribution in [0.25, 0.3) is 32.9 Å². The first kappa shape index (κ1) is 25.9. The van der Waals surface area contributed by atoms with E-state index in [0.29, 0.717) is 0 Å². The Labute approximate surface area is 224 Å². The third-order valence-corrected chi connectivity index (χ3v) is 8.11. The monoisotopic (exact) mass is 524 g/mol. The van der Waals surface area contributed by atoms with Crippen LogP contribution in [0.4, 0.5) is 5.69 Å². The second-order valence-corrected chi connectivity index (χ2v) is 11.2. The molecule has 5 nitrogen and oxygen atoms in total. The molecular formula is C32H32N2O3S. The Morgan fingerprint density at radius 2 is 1.24 bits per heavy atom. The third-order valence-electron chi connectivity index (χ3n) is 7.26. The van der Waals surface area contributed by atoms with Crippen molar-refractivity contribution in [1.82, 2.24) is 0 Å². The normalized spacial score (nSPS) is 13.8. The Morgan fingerprint density at radius 1 is 0.711 bits per heavy atom. The van der Waals surface area contributed by atoms with Crippen LogP contribution < -0.4 is 9.47 Å². The minimum Gasteiger partial charge on any atom is -0.744 e. The molecular weight excluding hydrogens is 492 g/mol. The number of fused-ring (bicyclic) bond motifs is 2. The van der Waals surface area contributed by atoms with Gasteiger partial charge in [0.25, 0.3) is 0 Å². The third kappa shape index (κ3) is 5.42. The zero-order valence-electron chi connectivity index (χ0n) is 21.8. The van der Waals surface area contributed by atoms with Crippen molar-refractivity contribution >= 4 is 37.6 Å². The van der Waals surface area contributed by atoms with Gasteiger partial charge in [0.2, 0.25) is 11.0 Å². The first-order valence-electron chi connectivity index (χ1n) is 13.0. The first-order chi connectivity index (χ1) is 18.3. The SMILES string of the molecule is C[n+]1c2ccccc2c(-c2ccc(N3CCCCC3)cc2)c2ccccc21.Cc1ccc(S(=O)(=O)[O-])cc1. The van der Waals surface area contributed by atoms with Crippen LogP contribution in [0.1, 0.15) is 24.8 Å². The number of hydrogen-bond acceptors (Lipinski definition) is 4. The molecule has 0 atom stereocenters. The van der Waals surface area contributed by atoms with Gasteiger partial charge >= 0.3 is 0 Å². The van der Waals surface area contributed by atoms with Gasteiger partial charge in [0.1, 0.15) is 17.2 Å². The quantitative estimate of drug-likeness (QED) is 0.156. The van der Waals surface area contributed by atoms with Crippen molar-refractivity contribution in [2.24, 2.45) is 7.05 Å². The van der Waals surface area contributed by atoms with E-state index < -0.39 is 10.1 Å². The predicted octanol–water partition coefficient (Wildman–Crippen LogP) is 6.37. The molecule has 0 unspecified atom stereocenters. The van der Waals surface area contributed by atoms with E-state index in [1.54, 1.807) is 12.1 Å². The maximum Gasteiger partial charge on any atom is 0.213 e. The molecule has 5 aromatic rings. The largest absolute Gasteiger partial charge is 0.744 e. The lowest BCUT2D eigenvalue weighted by molar-refractivity contribution is -0.617. The van der Waals surface area contributed by atoms with E-state index in [-0.39, 0.29) is 4.90 Å². The summed E-state index contributed by atoms with van der Waals surface area (Å²) in [4.78, 5) is 2.34. The number of piperidine rings is 1. The number of aromatic nitrogens is 1. The van der Waals surface area contributed by atoms with Crippen LogP contribution in [0.3, 0.4) is 0 Å². The highest BCUT2D eigenvalue weighted by atomic mass is 32.2. The summed E-state index contributed by atoms with van der Waals surface area (Å²) in [5.74, 6) is 0. The first-order valence-corrected chi connectivity index (χ1v) is 14.4. The Morgan fingerprint density at radius 3 is 1.76 bits per heavy atom. The molecule has 6 heteroatoms. The van der Waals surface area contributed by atoms with Gasteiger partial charge in [-0.1, -0.05) is 54.1 Å². The summed E-state index contributed by atoms with van der Waals surface area (Å²) >= 11 is 0. The minimum absolute atomic E-state index is 0.178. The van der Waals surface area contributed by atoms with Crippen LogP contribution >= 0.6 is 0 Å². The number of rotatable bonds is 3. The Bertz CT molecular complexity index is 1620. The summed E-state index contributed by atoms with van der Waals surface area (Å²) in [5, 5.41) is 2.62. The van der Waals surface area contributed by atoms with Crippen molar-refractivity contribution in [3.05, 3.63) is 103 Å². The van der Waals surface area contributed by atoms with E-state index in [0.717, 1.165) is 5.56 Å². The van der Waals surface area contributed by atoms with E-state index in [1.807, 2.05) is 6.92 Å². The summed E-state index contributed by atoms with van der Waals surface area (Å²) in [6, 6.07) is 32.5. The zero-order chi connectivity index (χ0) is 26.7. The lowest BCUT2D eigenvalue weighted by atomic mass is 9.95. The molecule has 0 bridgehead atoms. The molecule has 1 aliphatic heterocycles. The fourth-order valence-electron chi connectivity index (χ4n) is 5.24. The van der Waals surface area contributed by atoms with Crippen molar-refractivity contribution in [1.29, 1.82) is 0 Å². The zero-order valence-corrected chi connectivity index (χ0v) is 22.6. The van der Waals surface area contributed by atoms with Gasteiger partial charge in [0.15, 0.2) is 0 Å². The van der Waals surface area contributed by atoms with E-state index in [9.17, 15) is 13.0 Å². The number of anilines is 1. The number of nitrogens with zero attached hydrogens (tertiary/aromatic N) is 2. The molecule has 1 aliphatic rings. The summed E-state index contributed by atoms with van der Waals surface area (Å²) < 4.78 is 33.5. The fourth-order valence-corrected chi connectivity index (χ4v) is 5.71. The Balaban J connectivity index is 0.000000226. The van der Waals surface area contributed by atoms with Crippen molar-refractivity contribution in [2.45, 2.75) is 31.1 Å². The maximum absolute atomic E-state index is 10.4. The molecule has 0 radical (unpaired) electrons. The van der Waals surface area contributed by atoms with E-state index in [4.69, 9.17) is 0 Å². The molecule has 0 N–H and O–H groups in total. The topological polar surface area (TPSA) is 64.3 Å². The van der Waals surface area contributed by atoms with Crippen molar-refractivity contribution in [3.63, 3.8) is 0 Å². The summed E-state index contributed by atoms with van der Waals surface area (Å²) in [5.41, 5.74) is 7.46. The van der Waals surface area contributed by atoms with Gasteiger partial charge in [-0.25, -0.2) is 8.42 Å². The molecule has 1 aromatic heterocycles. The number of pyridine rings is 1. The lowest BCUT2D eigenvalue weighted by Gasteiger charge is -2.29. The predicted molar refractivity (Wildman–Crippen MR) is 153 cm³/mol. The van der Waals surface area contributed by atoms with Crippen LogP contribution in [0.5, 0.6) is 0 Å². The van der Waals surface area contributed by atoms with Crippen LogP contribution in [0.2, 0.25) is 0 Å². The highest BCUT2D eigenvalue weighted by Gasteiger charge is 2.18. The van der Waals surface area contributed by atoms with Gasteiger partial charge in [-0.2, -0.15) is 4.57 Å². The molecule has 0 spiro atoms. The number of aryl methyl sites for hydroxylation is 2. The lowest BCUT2D eigenvalue weighted by Crippen LogP contribution is -2.30. The van der Waals surface area contributed by atoms with Crippen molar-refractivity contribution < 1.29 is 17.5 Å². The van der Waals surface area contributed by atoms with Crippen LogP contribution in [-0.2, 0) is 17.2 Å². The molecule has 2 heterocycles. The Hall–Kier alpha value is -3.74. The van der Waals surface area contributed by atoms with Gasteiger partial charge in [-0.3, -0.25) is 0 Å². The summed E-state index contributed by atoms with van der Waals surface area (Å²) in [7, 11) is -2.11. The minimum atomic E-state index is -4.27. The second kappa shape index (κ2) is 10.9. The van der Waals surface area contributed by atoms with E-state index in [2.05, 4.69) is 89.3 Å². The molecule has 6 rings (SSSR count). The second-order valence-electron chi connectivity index (χ2n) is 9.83. The number of para-hydroxylation sites is 2. The molecule has 4 aromatic carbocycles. The molecule has 194 valence electrons. The van der Waals surface area contributed by atoms with Crippen molar-refractivity contribution in [2.75, 3.05) is 18.0 Å². The van der Waals surface area contributed by atoms with Crippen LogP contribution in [0, 0.1) is 6.92 Å². The van der Waals surface area contributed by atoms with Gasteiger partial charge in [0, 0.05) is 36.5 Å². The van der Waals surface area contributed by atoms with Gasteiger partial charge in [-0.15, -0.1) is 0 Å². The van der Waals surface area contributed by atoms with Crippen LogP contribution in [-0.4, -0.2) is 26.1 Å². The Kier molecular flexibility index (Phi) is 7.45. The smallest absolute Gasteiger partial charge is 0.213 e. The fraction of sp³-hybridized carbons (Fsp3) is 0.219. The highest BCUT2D eigenvalue weighted by molar-refractivity contribution is 7.85. The van der Waals surface area contributed by atoms with Crippen LogP contribution in [0.15, 0.2) is 102 Å². The summed E-state index contributed by atoms with van der Waals surface area (Å²) in [6.07, 6.45) is 3.99. The number of benzene rings is 4. The maximum atomic E-state index is 10.4. The summed E-state index contributed by atoms with van der Waals surface area (Å²) in [6.45, 7) is 4.19. The average Bonchev–Trinajstić information content (AvgIpc) is 2.94. The van der Waals surface area contributed by atoms with E-state index in [1.165, 1.54) is 83.1 Å². The average molecular weight is 525 g/mol. The molecule has 0 aliphatic carbocycles. The van der Waals surface area contributed by atoms with Gasteiger partial charge in [0.05, 0.1) is 15.7 Å². The molecule has 0 saturated carbocycles. The molecule has 1 fully saturated rings. The van der Waals surface area contributed by atoms with Gasteiger partial charge < -0.3 is 9.45 Å². The van der Waals surface area contributed by atoms with Crippen molar-refractivity contribution in [3.8, 4) is 11.1 Å². The standard InChI is InChI=1S/C25H25N2.C7H8O3S/c1-26-23-11-5-3-9-21(23)25(22-10-4-6-12-24(22)26)19-13-15-20(16-14-19)27-17-7-2-8-18-27;1-6-2-4-7(5-3-6)11(8,9)10/h3-6,9-16H,2,7-8,17-18H2,1H3;2-5H,1H3,(H,8,9,10)/q+1;/p-1. The van der Waals surface area contributed by atoms with E-state index >= 15 is 0 Å². The highest BCUT2D eigenvalue weighted by Crippen LogP contribution is 2.35.